The fraction of sp³-hybridized carbons (Fsp3) is 0.375. The van der Waals surface area contributed by atoms with Crippen molar-refractivity contribution in [1.29, 1.82) is 0 Å². The van der Waals surface area contributed by atoms with Gasteiger partial charge in [-0.05, 0) is 22.0 Å². The number of nitrogens with zero attached hydrogens (tertiary/aromatic N) is 1. The number of rotatable bonds is 2. The Balaban J connectivity index is 2.39. The normalized spacial score (nSPS) is 20.7. The lowest BCUT2D eigenvalue weighted by Crippen LogP contribution is -1.93. The van der Waals surface area contributed by atoms with E-state index in [4.69, 9.17) is 9.47 Å². The smallest absolute Gasteiger partial charge is 0.219 e. The van der Waals surface area contributed by atoms with Crippen LogP contribution >= 0.6 is 15.9 Å². The van der Waals surface area contributed by atoms with Gasteiger partial charge in [0.15, 0.2) is 0 Å². The molecule has 2 rings (SSSR count). The van der Waals surface area contributed by atoms with Gasteiger partial charge in [0, 0.05) is 16.2 Å². The molecule has 3 nitrogen and oxygen atoms in total. The monoisotopic (exact) mass is 229 g/mol. The molecule has 0 aliphatic carbocycles. The summed E-state index contributed by atoms with van der Waals surface area (Å²) in [5.41, 5.74) is 1.02. The Bertz CT molecular complexity index is 299. The van der Waals surface area contributed by atoms with Gasteiger partial charge in [-0.25, -0.2) is 4.98 Å². The Labute approximate surface area is 78.8 Å². The standard InChI is InChI=1S/C8H8BrNO2/c1-11-8-6(7-4-12-7)2-5(9)3-10-8/h2-3,7H,4H2,1H3/t7-/m1/s1. The van der Waals surface area contributed by atoms with Crippen LogP contribution in [-0.4, -0.2) is 18.7 Å². The fourth-order valence-corrected chi connectivity index (χ4v) is 1.42. The van der Waals surface area contributed by atoms with Crippen molar-refractivity contribution in [2.24, 2.45) is 0 Å². The maximum Gasteiger partial charge on any atom is 0.219 e. The van der Waals surface area contributed by atoms with E-state index in [0.717, 1.165) is 16.6 Å². The van der Waals surface area contributed by atoms with Crippen LogP contribution in [0.25, 0.3) is 0 Å². The molecule has 0 bridgehead atoms. The molecule has 1 aromatic heterocycles. The second-order valence-electron chi connectivity index (χ2n) is 2.57. The first-order chi connectivity index (χ1) is 5.81. The van der Waals surface area contributed by atoms with Crippen LogP contribution in [0.1, 0.15) is 11.7 Å². The van der Waals surface area contributed by atoms with Crippen molar-refractivity contribution in [1.82, 2.24) is 4.98 Å². The second-order valence-corrected chi connectivity index (χ2v) is 3.49. The van der Waals surface area contributed by atoms with E-state index in [1.165, 1.54) is 0 Å². The van der Waals surface area contributed by atoms with Crippen molar-refractivity contribution in [3.8, 4) is 5.88 Å². The molecule has 4 heteroatoms. The van der Waals surface area contributed by atoms with Gasteiger partial charge in [-0.15, -0.1) is 0 Å². The molecule has 0 saturated carbocycles. The van der Waals surface area contributed by atoms with Gasteiger partial charge in [0.1, 0.15) is 6.10 Å². The van der Waals surface area contributed by atoms with E-state index in [0.29, 0.717) is 5.88 Å². The zero-order chi connectivity index (χ0) is 8.55. The zero-order valence-corrected chi connectivity index (χ0v) is 8.17. The van der Waals surface area contributed by atoms with Crippen LogP contribution in [0.5, 0.6) is 5.88 Å². The molecule has 0 spiro atoms. The first kappa shape index (κ1) is 8.01. The molecule has 1 aromatic rings. The summed E-state index contributed by atoms with van der Waals surface area (Å²) in [5, 5.41) is 0. The average Bonchev–Trinajstić information content (AvgIpc) is 2.87. The van der Waals surface area contributed by atoms with Gasteiger partial charge in [0.2, 0.25) is 5.88 Å². The van der Waals surface area contributed by atoms with Gasteiger partial charge >= 0.3 is 0 Å². The largest absolute Gasteiger partial charge is 0.481 e. The predicted molar refractivity (Wildman–Crippen MR) is 47.2 cm³/mol. The first-order valence-corrected chi connectivity index (χ1v) is 4.41. The van der Waals surface area contributed by atoms with Crippen molar-refractivity contribution < 1.29 is 9.47 Å². The maximum absolute atomic E-state index is 5.15. The van der Waals surface area contributed by atoms with Crippen molar-refractivity contribution in [2.45, 2.75) is 6.10 Å². The van der Waals surface area contributed by atoms with E-state index in [2.05, 4.69) is 20.9 Å². The highest BCUT2D eigenvalue weighted by atomic mass is 79.9. The van der Waals surface area contributed by atoms with E-state index in [1.807, 2.05) is 6.07 Å². The van der Waals surface area contributed by atoms with Gasteiger partial charge in [-0.1, -0.05) is 0 Å². The third-order valence-corrected chi connectivity index (χ3v) is 2.15. The quantitative estimate of drug-likeness (QED) is 0.728. The number of pyridine rings is 1. The van der Waals surface area contributed by atoms with E-state index in [-0.39, 0.29) is 6.10 Å². The molecule has 0 N–H and O–H groups in total. The van der Waals surface area contributed by atoms with Crippen molar-refractivity contribution in [3.63, 3.8) is 0 Å². The Morgan fingerprint density at radius 3 is 3.08 bits per heavy atom. The molecule has 1 saturated heterocycles. The Hall–Kier alpha value is -0.610. The minimum absolute atomic E-state index is 0.185. The molecule has 1 aliphatic rings. The van der Waals surface area contributed by atoms with E-state index >= 15 is 0 Å². The van der Waals surface area contributed by atoms with Crippen LogP contribution in [0.4, 0.5) is 0 Å². The second kappa shape index (κ2) is 3.03. The van der Waals surface area contributed by atoms with Crippen molar-refractivity contribution in [3.05, 3.63) is 22.3 Å². The summed E-state index contributed by atoms with van der Waals surface area (Å²) in [6.07, 6.45) is 1.90. The minimum atomic E-state index is 0.185. The molecule has 2 heterocycles. The predicted octanol–water partition coefficient (Wildman–Crippen LogP) is 1.92. The molecule has 0 amide bonds. The number of hydrogen-bond acceptors (Lipinski definition) is 3. The van der Waals surface area contributed by atoms with Gasteiger partial charge < -0.3 is 9.47 Å². The van der Waals surface area contributed by atoms with Crippen LogP contribution in [0, 0.1) is 0 Å². The summed E-state index contributed by atoms with van der Waals surface area (Å²) in [6.45, 7) is 0.772. The van der Waals surface area contributed by atoms with E-state index in [9.17, 15) is 0 Å². The molecule has 1 fully saturated rings. The molecule has 0 aromatic carbocycles. The topological polar surface area (TPSA) is 34.6 Å². The molecule has 12 heavy (non-hydrogen) atoms. The number of halogens is 1. The lowest BCUT2D eigenvalue weighted by molar-refractivity contribution is 0.371. The molecular weight excluding hydrogens is 222 g/mol. The zero-order valence-electron chi connectivity index (χ0n) is 6.58. The van der Waals surface area contributed by atoms with E-state index < -0.39 is 0 Å². The highest BCUT2D eigenvalue weighted by Crippen LogP contribution is 2.36. The number of ether oxygens (including phenoxy) is 2. The molecule has 0 radical (unpaired) electrons. The van der Waals surface area contributed by atoms with Crippen LogP contribution in [0.15, 0.2) is 16.7 Å². The van der Waals surface area contributed by atoms with Crippen LogP contribution in [0.3, 0.4) is 0 Å². The Kier molecular flexibility index (Phi) is 2.02. The summed E-state index contributed by atoms with van der Waals surface area (Å²) in [5.74, 6) is 0.653. The van der Waals surface area contributed by atoms with Crippen LogP contribution in [0.2, 0.25) is 0 Å². The summed E-state index contributed by atoms with van der Waals surface area (Å²) in [6, 6.07) is 1.98. The molecule has 64 valence electrons. The summed E-state index contributed by atoms with van der Waals surface area (Å²) < 4.78 is 11.2. The fourth-order valence-electron chi connectivity index (χ4n) is 1.07. The van der Waals surface area contributed by atoms with Crippen molar-refractivity contribution in [2.75, 3.05) is 13.7 Å². The third-order valence-electron chi connectivity index (χ3n) is 1.72. The number of hydrogen-bond donors (Lipinski definition) is 0. The SMILES string of the molecule is COc1ncc(Br)cc1[C@H]1CO1. The highest BCUT2D eigenvalue weighted by Gasteiger charge is 2.28. The van der Waals surface area contributed by atoms with Crippen molar-refractivity contribution >= 4 is 15.9 Å². The van der Waals surface area contributed by atoms with Gasteiger partial charge in [0.25, 0.3) is 0 Å². The molecule has 1 aliphatic heterocycles. The lowest BCUT2D eigenvalue weighted by Gasteiger charge is -2.03. The summed E-state index contributed by atoms with van der Waals surface area (Å²) in [4.78, 5) is 4.11. The number of epoxide rings is 1. The first-order valence-electron chi connectivity index (χ1n) is 3.62. The number of methoxy groups -OCH3 is 1. The van der Waals surface area contributed by atoms with E-state index in [1.54, 1.807) is 13.3 Å². The minimum Gasteiger partial charge on any atom is -0.481 e. The number of aromatic nitrogens is 1. The average molecular weight is 230 g/mol. The lowest BCUT2D eigenvalue weighted by atomic mass is 10.2. The maximum atomic E-state index is 5.15. The van der Waals surface area contributed by atoms with Crippen LogP contribution in [-0.2, 0) is 4.74 Å². The molecular formula is C8H8BrNO2. The van der Waals surface area contributed by atoms with Gasteiger partial charge in [-0.2, -0.15) is 0 Å². The van der Waals surface area contributed by atoms with Gasteiger partial charge in [-0.3, -0.25) is 0 Å². The Morgan fingerprint density at radius 2 is 2.50 bits per heavy atom. The van der Waals surface area contributed by atoms with Gasteiger partial charge in [0.05, 0.1) is 13.7 Å². The molecule has 1 atom stereocenters. The van der Waals surface area contributed by atoms with Crippen LogP contribution < -0.4 is 4.74 Å². The summed E-state index contributed by atoms with van der Waals surface area (Å²) in [7, 11) is 1.61. The summed E-state index contributed by atoms with van der Waals surface area (Å²) >= 11 is 3.35. The highest BCUT2D eigenvalue weighted by molar-refractivity contribution is 9.10. The molecule has 0 unspecified atom stereocenters. The Morgan fingerprint density at radius 1 is 1.75 bits per heavy atom. The third kappa shape index (κ3) is 1.44.